The van der Waals surface area contributed by atoms with Crippen molar-refractivity contribution < 1.29 is 22.8 Å². The molecule has 0 aliphatic carbocycles. The van der Waals surface area contributed by atoms with Crippen molar-refractivity contribution in [3.63, 3.8) is 0 Å². The number of piperidine rings is 1. The fourth-order valence-electron chi connectivity index (χ4n) is 6.44. The first-order valence-electron chi connectivity index (χ1n) is 13.4. The number of hydrogen-bond acceptors (Lipinski definition) is 3. The minimum atomic E-state index is -0.891. The number of rotatable bonds is 6. The van der Waals surface area contributed by atoms with Crippen molar-refractivity contribution in [2.24, 2.45) is 10.8 Å². The van der Waals surface area contributed by atoms with Gasteiger partial charge in [0.2, 0.25) is 11.8 Å². The van der Waals surface area contributed by atoms with E-state index in [0.29, 0.717) is 44.7 Å². The van der Waals surface area contributed by atoms with Crippen LogP contribution in [0.2, 0.25) is 0 Å². The van der Waals surface area contributed by atoms with Crippen LogP contribution in [0.1, 0.15) is 69.1 Å². The fraction of sp³-hybridized carbons (Fsp3) is 0.533. The summed E-state index contributed by atoms with van der Waals surface area (Å²) in [7, 11) is 0. The van der Waals surface area contributed by atoms with Crippen molar-refractivity contribution in [3.05, 3.63) is 70.5 Å². The summed E-state index contributed by atoms with van der Waals surface area (Å²) in [4.78, 5) is 27.5. The van der Waals surface area contributed by atoms with E-state index in [1.807, 2.05) is 31.7 Å². The monoisotopic (exact) mass is 529 g/mol. The molecule has 5 nitrogen and oxygen atoms in total. The number of hydrogen-bond donors (Lipinski definition) is 2. The lowest BCUT2D eigenvalue weighted by Crippen LogP contribution is -2.56. The van der Waals surface area contributed by atoms with Gasteiger partial charge < -0.3 is 15.5 Å². The zero-order valence-electron chi connectivity index (χ0n) is 22.7. The molecule has 2 fully saturated rings. The van der Waals surface area contributed by atoms with E-state index in [4.69, 9.17) is 0 Å². The molecule has 0 bridgehead atoms. The number of nitrogens with one attached hydrogen (secondary N) is 2. The Morgan fingerprint density at radius 3 is 2.26 bits per heavy atom. The quantitative estimate of drug-likeness (QED) is 0.559. The minimum Gasteiger partial charge on any atom is -0.356 e. The Morgan fingerprint density at radius 2 is 1.66 bits per heavy atom. The average molecular weight is 530 g/mol. The molecule has 8 heteroatoms. The lowest BCUT2D eigenvalue weighted by atomic mass is 9.58. The number of benzene rings is 2. The Labute approximate surface area is 223 Å². The second kappa shape index (κ2) is 11.1. The van der Waals surface area contributed by atoms with Crippen LogP contribution in [0.5, 0.6) is 0 Å². The summed E-state index contributed by atoms with van der Waals surface area (Å²) in [5.41, 5.74) is 0.927. The molecule has 0 spiro atoms. The molecule has 2 saturated heterocycles. The first-order valence-corrected chi connectivity index (χ1v) is 13.4. The summed E-state index contributed by atoms with van der Waals surface area (Å²) in [6.45, 7) is 9.88. The van der Waals surface area contributed by atoms with E-state index in [2.05, 4.69) is 10.6 Å². The molecule has 0 aromatic heterocycles. The van der Waals surface area contributed by atoms with Crippen molar-refractivity contribution in [1.29, 1.82) is 0 Å². The fourth-order valence-corrected chi connectivity index (χ4v) is 6.44. The first kappa shape index (κ1) is 28.1. The van der Waals surface area contributed by atoms with Gasteiger partial charge in [-0.25, -0.2) is 13.2 Å². The van der Waals surface area contributed by atoms with Crippen molar-refractivity contribution >= 4 is 11.8 Å². The van der Waals surface area contributed by atoms with Crippen LogP contribution in [0.25, 0.3) is 0 Å². The zero-order valence-corrected chi connectivity index (χ0v) is 22.7. The van der Waals surface area contributed by atoms with Crippen LogP contribution in [0.4, 0.5) is 13.2 Å². The van der Waals surface area contributed by atoms with Gasteiger partial charge in [0.1, 0.15) is 17.5 Å². The highest BCUT2D eigenvalue weighted by Gasteiger charge is 2.58. The summed E-state index contributed by atoms with van der Waals surface area (Å²) in [5, 5.41) is 6.10. The van der Waals surface area contributed by atoms with Crippen molar-refractivity contribution in [3.8, 4) is 0 Å². The number of halogens is 3. The molecule has 2 N–H and O–H groups in total. The molecule has 2 aromatic carbocycles. The van der Waals surface area contributed by atoms with Crippen LogP contribution in [0, 0.1) is 28.3 Å². The Kier molecular flexibility index (Phi) is 8.21. The second-order valence-corrected chi connectivity index (χ2v) is 11.7. The predicted molar refractivity (Wildman–Crippen MR) is 141 cm³/mol. The van der Waals surface area contributed by atoms with Gasteiger partial charge in [-0.15, -0.1) is 0 Å². The molecule has 2 atom stereocenters. The van der Waals surface area contributed by atoms with Gasteiger partial charge in [0, 0.05) is 51.6 Å². The third-order valence-corrected chi connectivity index (χ3v) is 8.50. The number of amides is 2. The summed E-state index contributed by atoms with van der Waals surface area (Å²) < 4.78 is 42.6. The minimum absolute atomic E-state index is 0.00726. The average Bonchev–Trinajstić information content (AvgIpc) is 3.30. The van der Waals surface area contributed by atoms with Crippen LogP contribution >= 0.6 is 0 Å². The maximum Gasteiger partial charge on any atom is 0.231 e. The van der Waals surface area contributed by atoms with Gasteiger partial charge in [-0.2, -0.15) is 0 Å². The molecule has 206 valence electrons. The van der Waals surface area contributed by atoms with Gasteiger partial charge in [-0.3, -0.25) is 9.59 Å². The van der Waals surface area contributed by atoms with Crippen LogP contribution in [0.3, 0.4) is 0 Å². The third kappa shape index (κ3) is 5.46. The highest BCUT2D eigenvalue weighted by molar-refractivity contribution is 5.86. The van der Waals surface area contributed by atoms with Gasteiger partial charge in [0.25, 0.3) is 0 Å². The van der Waals surface area contributed by atoms with Crippen LogP contribution in [-0.2, 0) is 16.0 Å². The molecular weight excluding hydrogens is 491 g/mol. The normalized spacial score (nSPS) is 22.5. The van der Waals surface area contributed by atoms with E-state index in [-0.39, 0.29) is 23.5 Å². The second-order valence-electron chi connectivity index (χ2n) is 11.7. The molecule has 2 aliphatic heterocycles. The third-order valence-electron chi connectivity index (χ3n) is 8.50. The Balaban J connectivity index is 1.55. The summed E-state index contributed by atoms with van der Waals surface area (Å²) in [6.07, 6.45) is 2.00. The van der Waals surface area contributed by atoms with Crippen LogP contribution in [0.15, 0.2) is 36.4 Å². The molecular formula is C30H38F3N3O2. The predicted octanol–water partition coefficient (Wildman–Crippen LogP) is 4.91. The lowest BCUT2D eigenvalue weighted by Gasteiger charge is -2.48. The molecule has 2 amide bonds. The Hall–Kier alpha value is -2.87. The van der Waals surface area contributed by atoms with Crippen LogP contribution < -0.4 is 10.6 Å². The smallest absolute Gasteiger partial charge is 0.231 e. The van der Waals surface area contributed by atoms with E-state index in [1.54, 1.807) is 0 Å². The molecule has 4 rings (SSSR count). The molecule has 2 heterocycles. The first-order chi connectivity index (χ1) is 17.9. The summed E-state index contributed by atoms with van der Waals surface area (Å²) in [6, 6.07) is 8.45. The SMILES string of the molecule is CC(=O)NCCc1cc(F)ccc1C1CCN(C(=O)[C@@]2(C(C)(C)C)CNC[C@H]2c2ccc(F)cc2F)CC1. The van der Waals surface area contributed by atoms with E-state index in [1.165, 1.54) is 31.2 Å². The van der Waals surface area contributed by atoms with Crippen LogP contribution in [-0.4, -0.2) is 49.4 Å². The molecule has 38 heavy (non-hydrogen) atoms. The van der Waals surface area contributed by atoms with Crippen molar-refractivity contribution in [2.75, 3.05) is 32.7 Å². The maximum atomic E-state index is 14.9. The topological polar surface area (TPSA) is 61.4 Å². The highest BCUT2D eigenvalue weighted by atomic mass is 19.1. The lowest BCUT2D eigenvalue weighted by molar-refractivity contribution is -0.150. The molecule has 0 radical (unpaired) electrons. The van der Waals surface area contributed by atoms with Gasteiger partial charge in [0.15, 0.2) is 0 Å². The number of nitrogens with zero attached hydrogens (tertiary/aromatic N) is 1. The zero-order chi connectivity index (χ0) is 27.7. The standard InChI is InChI=1S/C30H38F3N3O2/c1-19(37)35-12-9-21-15-22(31)5-7-24(21)20-10-13-36(14-11-20)28(38)30(29(2,3)4)18-34-17-26(30)25-8-6-23(32)16-27(25)33/h5-8,15-16,20,26,34H,9-14,17-18H2,1-4H3,(H,35,37)/t26-,30+/m0/s1. The molecule has 2 aliphatic rings. The number of carbonyl (C=O) groups is 2. The van der Waals surface area contributed by atoms with Crippen molar-refractivity contribution in [1.82, 2.24) is 15.5 Å². The van der Waals surface area contributed by atoms with Crippen molar-refractivity contribution in [2.45, 2.75) is 58.8 Å². The molecule has 0 saturated carbocycles. The highest BCUT2D eigenvalue weighted by Crippen LogP contribution is 2.53. The van der Waals surface area contributed by atoms with Gasteiger partial charge >= 0.3 is 0 Å². The van der Waals surface area contributed by atoms with E-state index in [9.17, 15) is 22.8 Å². The largest absolute Gasteiger partial charge is 0.356 e. The summed E-state index contributed by atoms with van der Waals surface area (Å²) in [5.74, 6) is -1.95. The summed E-state index contributed by atoms with van der Waals surface area (Å²) >= 11 is 0. The number of likely N-dealkylation sites (tertiary alicyclic amines) is 1. The van der Waals surface area contributed by atoms with Gasteiger partial charge in [-0.1, -0.05) is 32.9 Å². The van der Waals surface area contributed by atoms with E-state index in [0.717, 1.165) is 30.0 Å². The van der Waals surface area contributed by atoms with Gasteiger partial charge in [-0.05, 0) is 65.5 Å². The molecule has 0 unspecified atom stereocenters. The van der Waals surface area contributed by atoms with Gasteiger partial charge in [0.05, 0.1) is 5.41 Å². The molecule has 2 aromatic rings. The maximum absolute atomic E-state index is 14.9. The van der Waals surface area contributed by atoms with E-state index >= 15 is 0 Å². The number of carbonyl (C=O) groups excluding carboxylic acids is 2. The Morgan fingerprint density at radius 1 is 1.03 bits per heavy atom. The van der Waals surface area contributed by atoms with E-state index < -0.39 is 28.4 Å². The Bertz CT molecular complexity index is 1190.